The second kappa shape index (κ2) is 5.87. The average Bonchev–Trinajstić information content (AvgIpc) is 2.41. The van der Waals surface area contributed by atoms with Gasteiger partial charge in [0.15, 0.2) is 0 Å². The first-order valence-corrected chi connectivity index (χ1v) is 7.40. The molecule has 2 aromatic carbocycles. The summed E-state index contributed by atoms with van der Waals surface area (Å²) < 4.78 is 13.4. The van der Waals surface area contributed by atoms with Crippen LogP contribution >= 0.6 is 15.9 Å². The summed E-state index contributed by atoms with van der Waals surface area (Å²) >= 11 is 3.67. The normalized spacial score (nSPS) is 12.7. The molecule has 19 heavy (non-hydrogen) atoms. The van der Waals surface area contributed by atoms with Gasteiger partial charge in [0, 0.05) is 0 Å². The number of hydrogen-bond acceptors (Lipinski definition) is 0. The van der Waals surface area contributed by atoms with E-state index in [1.807, 2.05) is 13.0 Å². The molecule has 0 N–H and O–H groups in total. The van der Waals surface area contributed by atoms with Crippen LogP contribution in [0.2, 0.25) is 0 Å². The van der Waals surface area contributed by atoms with E-state index in [1.165, 1.54) is 11.6 Å². The summed E-state index contributed by atoms with van der Waals surface area (Å²) in [5.74, 6) is 0.336. The Kier molecular flexibility index (Phi) is 4.41. The Morgan fingerprint density at radius 3 is 2.11 bits per heavy atom. The van der Waals surface area contributed by atoms with E-state index in [0.29, 0.717) is 5.92 Å². The largest absolute Gasteiger partial charge is 0.207 e. The lowest BCUT2D eigenvalue weighted by Gasteiger charge is -2.15. The lowest BCUT2D eigenvalue weighted by Crippen LogP contribution is -1.97. The van der Waals surface area contributed by atoms with Gasteiger partial charge in [-0.25, -0.2) is 4.39 Å². The molecule has 100 valence electrons. The quantitative estimate of drug-likeness (QED) is 0.632. The number of halogens is 2. The third kappa shape index (κ3) is 3.24. The topological polar surface area (TPSA) is 0 Å². The fourth-order valence-electron chi connectivity index (χ4n) is 2.11. The van der Waals surface area contributed by atoms with Crippen LogP contribution in [-0.2, 0) is 0 Å². The van der Waals surface area contributed by atoms with E-state index in [4.69, 9.17) is 0 Å². The summed E-state index contributed by atoms with van der Waals surface area (Å²) in [5, 5.41) is 0. The first-order chi connectivity index (χ1) is 8.99. The molecule has 0 nitrogen and oxygen atoms in total. The van der Waals surface area contributed by atoms with Crippen molar-refractivity contribution in [1.29, 1.82) is 0 Å². The zero-order valence-electron chi connectivity index (χ0n) is 11.5. The van der Waals surface area contributed by atoms with Crippen molar-refractivity contribution in [3.63, 3.8) is 0 Å². The highest BCUT2D eigenvalue weighted by Crippen LogP contribution is 2.33. The van der Waals surface area contributed by atoms with Crippen molar-refractivity contribution in [2.45, 2.75) is 31.5 Å². The van der Waals surface area contributed by atoms with Crippen LogP contribution in [-0.4, -0.2) is 0 Å². The molecule has 0 saturated heterocycles. The Balaban J connectivity index is 2.33. The smallest absolute Gasteiger partial charge is 0.123 e. The minimum Gasteiger partial charge on any atom is -0.207 e. The lowest BCUT2D eigenvalue weighted by molar-refractivity contribution is 0.625. The van der Waals surface area contributed by atoms with Gasteiger partial charge in [-0.15, -0.1) is 0 Å². The van der Waals surface area contributed by atoms with Crippen LogP contribution in [0.1, 0.15) is 46.8 Å². The molecule has 2 heteroatoms. The molecule has 0 fully saturated rings. The molecule has 0 saturated carbocycles. The fourth-order valence-corrected chi connectivity index (χ4v) is 2.91. The van der Waals surface area contributed by atoms with Crippen molar-refractivity contribution >= 4 is 15.9 Å². The van der Waals surface area contributed by atoms with Gasteiger partial charge < -0.3 is 0 Å². The first kappa shape index (κ1) is 14.3. The summed E-state index contributed by atoms with van der Waals surface area (Å²) in [5.41, 5.74) is 4.55. The number of rotatable bonds is 3. The van der Waals surface area contributed by atoms with Gasteiger partial charge in [-0.1, -0.05) is 60.1 Å². The van der Waals surface area contributed by atoms with Crippen molar-refractivity contribution in [2.24, 2.45) is 0 Å². The van der Waals surface area contributed by atoms with Gasteiger partial charge in [-0.3, -0.25) is 0 Å². The van der Waals surface area contributed by atoms with Gasteiger partial charge in [0.25, 0.3) is 0 Å². The van der Waals surface area contributed by atoms with Gasteiger partial charge in [-0.05, 0) is 47.2 Å². The second-order valence-corrected chi connectivity index (χ2v) is 6.10. The summed E-state index contributed by atoms with van der Waals surface area (Å²) in [6, 6.07) is 13.4. The molecule has 0 aromatic heterocycles. The fraction of sp³-hybridized carbons (Fsp3) is 0.294. The van der Waals surface area contributed by atoms with Crippen molar-refractivity contribution in [1.82, 2.24) is 0 Å². The number of hydrogen-bond donors (Lipinski definition) is 0. The third-order valence-corrected chi connectivity index (χ3v) is 4.43. The van der Waals surface area contributed by atoms with Gasteiger partial charge in [0.2, 0.25) is 0 Å². The predicted molar refractivity (Wildman–Crippen MR) is 82.4 cm³/mol. The monoisotopic (exact) mass is 320 g/mol. The Hall–Kier alpha value is -1.15. The molecule has 0 heterocycles. The van der Waals surface area contributed by atoms with Crippen molar-refractivity contribution < 1.29 is 4.39 Å². The highest BCUT2D eigenvalue weighted by Gasteiger charge is 2.13. The van der Waals surface area contributed by atoms with Crippen LogP contribution in [0.25, 0.3) is 0 Å². The predicted octanol–water partition coefficient (Wildman–Crippen LogP) is 5.74. The van der Waals surface area contributed by atoms with E-state index in [9.17, 15) is 4.39 Å². The van der Waals surface area contributed by atoms with Crippen LogP contribution in [0.5, 0.6) is 0 Å². The molecule has 1 unspecified atom stereocenters. The van der Waals surface area contributed by atoms with E-state index in [2.05, 4.69) is 54.0 Å². The van der Waals surface area contributed by atoms with Crippen LogP contribution in [0.3, 0.4) is 0 Å². The zero-order valence-corrected chi connectivity index (χ0v) is 13.0. The maximum atomic E-state index is 13.4. The van der Waals surface area contributed by atoms with E-state index in [-0.39, 0.29) is 10.6 Å². The Morgan fingerprint density at radius 2 is 1.53 bits per heavy atom. The third-order valence-electron chi connectivity index (χ3n) is 3.41. The first-order valence-electron chi connectivity index (χ1n) is 6.49. The molecular weight excluding hydrogens is 303 g/mol. The number of benzene rings is 2. The molecule has 1 atom stereocenters. The van der Waals surface area contributed by atoms with Crippen LogP contribution in [0, 0.1) is 12.7 Å². The summed E-state index contributed by atoms with van der Waals surface area (Å²) in [7, 11) is 0. The molecule has 0 aliphatic heterocycles. The average molecular weight is 321 g/mol. The van der Waals surface area contributed by atoms with E-state index in [1.54, 1.807) is 6.07 Å². The summed E-state index contributed by atoms with van der Waals surface area (Å²) in [6.07, 6.45) is 0. The van der Waals surface area contributed by atoms with Gasteiger partial charge in [0.05, 0.1) is 4.83 Å². The maximum absolute atomic E-state index is 13.4. The molecule has 0 radical (unpaired) electrons. The van der Waals surface area contributed by atoms with Gasteiger partial charge >= 0.3 is 0 Å². The van der Waals surface area contributed by atoms with E-state index < -0.39 is 0 Å². The number of aryl methyl sites for hydroxylation is 1. The highest BCUT2D eigenvalue weighted by atomic mass is 79.9. The molecule has 0 bridgehead atoms. The minimum atomic E-state index is -0.191. The molecule has 0 amide bonds. The lowest BCUT2D eigenvalue weighted by atomic mass is 9.97. The van der Waals surface area contributed by atoms with Crippen LogP contribution in [0.4, 0.5) is 4.39 Å². The Morgan fingerprint density at radius 1 is 0.947 bits per heavy atom. The summed E-state index contributed by atoms with van der Waals surface area (Å²) in [6.45, 7) is 6.36. The van der Waals surface area contributed by atoms with Crippen LogP contribution in [0.15, 0.2) is 42.5 Å². The molecule has 2 aromatic rings. The van der Waals surface area contributed by atoms with Gasteiger partial charge in [0.1, 0.15) is 5.82 Å². The standard InChI is InChI=1S/C17H18BrF/c1-11(2)13-5-7-14(8-6-13)17(18)16-10-15(19)9-4-12(16)3/h4-11,17H,1-3H3. The summed E-state index contributed by atoms with van der Waals surface area (Å²) in [4.78, 5) is 0.0319. The Bertz CT molecular complexity index is 558. The molecule has 0 aliphatic carbocycles. The van der Waals surface area contributed by atoms with E-state index >= 15 is 0 Å². The SMILES string of the molecule is Cc1ccc(F)cc1C(Br)c1ccc(C(C)C)cc1. The van der Waals surface area contributed by atoms with E-state index in [0.717, 1.165) is 16.7 Å². The zero-order chi connectivity index (χ0) is 14.0. The second-order valence-electron chi connectivity index (χ2n) is 5.18. The maximum Gasteiger partial charge on any atom is 0.123 e. The molecule has 2 rings (SSSR count). The molecule has 0 spiro atoms. The van der Waals surface area contributed by atoms with Crippen molar-refractivity contribution in [2.75, 3.05) is 0 Å². The minimum absolute atomic E-state index is 0.0319. The number of alkyl halides is 1. The van der Waals surface area contributed by atoms with Crippen molar-refractivity contribution in [3.05, 3.63) is 70.5 Å². The molecular formula is C17H18BrF. The molecule has 0 aliphatic rings. The van der Waals surface area contributed by atoms with Crippen molar-refractivity contribution in [3.8, 4) is 0 Å². The highest BCUT2D eigenvalue weighted by molar-refractivity contribution is 9.09. The van der Waals surface area contributed by atoms with Crippen LogP contribution < -0.4 is 0 Å². The Labute approximate surface area is 122 Å². The van der Waals surface area contributed by atoms with Gasteiger partial charge in [-0.2, -0.15) is 0 Å².